The van der Waals surface area contributed by atoms with Crippen molar-refractivity contribution in [3.05, 3.63) is 47.7 Å². The molecule has 0 saturated carbocycles. The zero-order valence-corrected chi connectivity index (χ0v) is 10.9. The number of rotatable bonds is 2. The summed E-state index contributed by atoms with van der Waals surface area (Å²) in [6.45, 7) is 0. The largest absolute Gasteiger partial charge is 0.480 e. The molecule has 1 aromatic carbocycles. The predicted molar refractivity (Wildman–Crippen MR) is 74.3 cm³/mol. The molecule has 4 nitrogen and oxygen atoms in total. The first-order valence-electron chi connectivity index (χ1n) is 5.70. The van der Waals surface area contributed by atoms with Crippen molar-refractivity contribution < 1.29 is 4.74 Å². The second-order valence-electron chi connectivity index (χ2n) is 3.93. The van der Waals surface area contributed by atoms with Crippen molar-refractivity contribution in [3.8, 4) is 17.3 Å². The molecule has 19 heavy (non-hydrogen) atoms. The van der Waals surface area contributed by atoms with Crippen LogP contribution in [0, 0.1) is 0 Å². The van der Waals surface area contributed by atoms with Gasteiger partial charge in [-0.25, -0.2) is 4.98 Å². The van der Waals surface area contributed by atoms with Crippen molar-refractivity contribution in [1.82, 2.24) is 15.0 Å². The van der Waals surface area contributed by atoms with E-state index in [4.69, 9.17) is 16.3 Å². The first-order chi connectivity index (χ1) is 9.29. The zero-order valence-electron chi connectivity index (χ0n) is 10.2. The first-order valence-corrected chi connectivity index (χ1v) is 6.08. The normalized spacial score (nSPS) is 10.6. The summed E-state index contributed by atoms with van der Waals surface area (Å²) < 4.78 is 5.32. The summed E-state index contributed by atoms with van der Waals surface area (Å²) in [6.07, 6.45) is 3.39. The third kappa shape index (κ3) is 2.11. The van der Waals surface area contributed by atoms with Crippen LogP contribution in [-0.4, -0.2) is 22.1 Å². The summed E-state index contributed by atoms with van der Waals surface area (Å²) >= 11 is 6.19. The SMILES string of the molecule is COc1nc(-c2ccncc2)nc2c(Cl)cccc12. The van der Waals surface area contributed by atoms with Crippen molar-refractivity contribution in [1.29, 1.82) is 0 Å². The van der Waals surface area contributed by atoms with Gasteiger partial charge >= 0.3 is 0 Å². The minimum absolute atomic E-state index is 0.513. The van der Waals surface area contributed by atoms with E-state index in [0.717, 1.165) is 10.9 Å². The molecule has 0 aliphatic rings. The highest BCUT2D eigenvalue weighted by Gasteiger charge is 2.11. The molecule has 0 radical (unpaired) electrons. The number of hydrogen-bond acceptors (Lipinski definition) is 4. The Morgan fingerprint density at radius 3 is 2.58 bits per heavy atom. The highest BCUT2D eigenvalue weighted by Crippen LogP contribution is 2.30. The predicted octanol–water partition coefficient (Wildman–Crippen LogP) is 3.35. The summed E-state index contributed by atoms with van der Waals surface area (Å²) in [5.74, 6) is 1.08. The molecule has 0 aliphatic carbocycles. The summed E-state index contributed by atoms with van der Waals surface area (Å²) in [5.41, 5.74) is 1.55. The molecule has 3 rings (SSSR count). The Balaban J connectivity index is 2.31. The van der Waals surface area contributed by atoms with E-state index in [2.05, 4.69) is 15.0 Å². The molecule has 0 N–H and O–H groups in total. The number of benzene rings is 1. The molecule has 2 heterocycles. The Kier molecular flexibility index (Phi) is 3.01. The Morgan fingerprint density at radius 1 is 1.05 bits per heavy atom. The van der Waals surface area contributed by atoms with Crippen LogP contribution < -0.4 is 4.74 Å². The fourth-order valence-corrected chi connectivity index (χ4v) is 2.09. The highest BCUT2D eigenvalue weighted by molar-refractivity contribution is 6.35. The number of pyridine rings is 1. The average molecular weight is 272 g/mol. The van der Waals surface area contributed by atoms with Gasteiger partial charge in [-0.05, 0) is 24.3 Å². The molecule has 0 atom stereocenters. The third-order valence-corrected chi connectivity index (χ3v) is 3.08. The van der Waals surface area contributed by atoms with Crippen molar-refractivity contribution in [2.45, 2.75) is 0 Å². The minimum Gasteiger partial charge on any atom is -0.480 e. The maximum absolute atomic E-state index is 6.19. The second kappa shape index (κ2) is 4.82. The van der Waals surface area contributed by atoms with E-state index < -0.39 is 0 Å². The van der Waals surface area contributed by atoms with Crippen molar-refractivity contribution in [2.24, 2.45) is 0 Å². The number of halogens is 1. The quantitative estimate of drug-likeness (QED) is 0.717. The molecule has 0 fully saturated rings. The van der Waals surface area contributed by atoms with Crippen LogP contribution in [0.3, 0.4) is 0 Å². The van der Waals surface area contributed by atoms with Gasteiger partial charge in [-0.2, -0.15) is 4.98 Å². The molecular weight excluding hydrogens is 262 g/mol. The van der Waals surface area contributed by atoms with Gasteiger partial charge in [-0.1, -0.05) is 17.7 Å². The topological polar surface area (TPSA) is 47.9 Å². The number of aromatic nitrogens is 3. The van der Waals surface area contributed by atoms with Crippen molar-refractivity contribution in [2.75, 3.05) is 7.11 Å². The summed E-state index contributed by atoms with van der Waals surface area (Å²) in [6, 6.07) is 9.22. The van der Waals surface area contributed by atoms with Gasteiger partial charge in [0, 0.05) is 18.0 Å². The van der Waals surface area contributed by atoms with Crippen LogP contribution in [0.4, 0.5) is 0 Å². The summed E-state index contributed by atoms with van der Waals surface area (Å²) in [4.78, 5) is 12.9. The molecule has 0 amide bonds. The van der Waals surface area contributed by atoms with Crippen LogP contribution in [0.5, 0.6) is 5.88 Å². The Hall–Kier alpha value is -2.20. The molecule has 0 aliphatic heterocycles. The van der Waals surface area contributed by atoms with Gasteiger partial charge in [0.05, 0.1) is 23.0 Å². The van der Waals surface area contributed by atoms with E-state index >= 15 is 0 Å². The van der Waals surface area contributed by atoms with Gasteiger partial charge in [0.25, 0.3) is 0 Å². The maximum atomic E-state index is 6.19. The molecule has 0 spiro atoms. The lowest BCUT2D eigenvalue weighted by atomic mass is 10.2. The van der Waals surface area contributed by atoms with Crippen LogP contribution in [0.1, 0.15) is 0 Å². The van der Waals surface area contributed by atoms with Crippen LogP contribution >= 0.6 is 11.6 Å². The van der Waals surface area contributed by atoms with Crippen LogP contribution in [0.2, 0.25) is 5.02 Å². The van der Waals surface area contributed by atoms with Crippen LogP contribution in [-0.2, 0) is 0 Å². The summed E-state index contributed by atoms with van der Waals surface area (Å²) in [5, 5.41) is 1.38. The smallest absolute Gasteiger partial charge is 0.224 e. The Bertz CT molecular complexity index is 731. The molecular formula is C14H10ClN3O. The molecule has 94 valence electrons. The standard InChI is InChI=1S/C14H10ClN3O/c1-19-14-10-3-2-4-11(15)12(10)17-13(18-14)9-5-7-16-8-6-9/h2-8H,1H3. The lowest BCUT2D eigenvalue weighted by Gasteiger charge is -2.08. The average Bonchev–Trinajstić information content (AvgIpc) is 2.48. The van der Waals surface area contributed by atoms with E-state index in [9.17, 15) is 0 Å². The van der Waals surface area contributed by atoms with Crippen molar-refractivity contribution >= 4 is 22.5 Å². The maximum Gasteiger partial charge on any atom is 0.224 e. The first kappa shape index (κ1) is 11.9. The minimum atomic E-state index is 0.513. The number of nitrogens with zero attached hydrogens (tertiary/aromatic N) is 3. The highest BCUT2D eigenvalue weighted by atomic mass is 35.5. The van der Waals surface area contributed by atoms with Crippen LogP contribution in [0.15, 0.2) is 42.7 Å². The lowest BCUT2D eigenvalue weighted by Crippen LogP contribution is -1.96. The zero-order chi connectivity index (χ0) is 13.2. The van der Waals surface area contributed by atoms with E-state index in [1.165, 1.54) is 0 Å². The van der Waals surface area contributed by atoms with Gasteiger partial charge in [0.2, 0.25) is 5.88 Å². The Morgan fingerprint density at radius 2 is 1.84 bits per heavy atom. The van der Waals surface area contributed by atoms with Crippen molar-refractivity contribution in [3.63, 3.8) is 0 Å². The fraction of sp³-hybridized carbons (Fsp3) is 0.0714. The second-order valence-corrected chi connectivity index (χ2v) is 4.34. The molecule has 3 aromatic rings. The van der Waals surface area contributed by atoms with Gasteiger partial charge in [0.15, 0.2) is 5.82 Å². The molecule has 2 aromatic heterocycles. The third-order valence-electron chi connectivity index (χ3n) is 2.77. The van der Waals surface area contributed by atoms with Gasteiger partial charge in [-0.15, -0.1) is 0 Å². The molecule has 0 saturated heterocycles. The Labute approximate surface area is 115 Å². The summed E-state index contributed by atoms with van der Waals surface area (Å²) in [7, 11) is 1.58. The van der Waals surface area contributed by atoms with E-state index in [-0.39, 0.29) is 0 Å². The number of fused-ring (bicyclic) bond motifs is 1. The number of methoxy groups -OCH3 is 1. The van der Waals surface area contributed by atoms with E-state index in [1.54, 1.807) is 25.6 Å². The van der Waals surface area contributed by atoms with Gasteiger partial charge in [0.1, 0.15) is 0 Å². The molecule has 5 heteroatoms. The molecule has 0 bridgehead atoms. The fourth-order valence-electron chi connectivity index (χ4n) is 1.87. The van der Waals surface area contributed by atoms with Crippen LogP contribution in [0.25, 0.3) is 22.3 Å². The van der Waals surface area contributed by atoms with E-state index in [0.29, 0.717) is 22.2 Å². The number of para-hydroxylation sites is 1. The number of hydrogen-bond donors (Lipinski definition) is 0. The molecule has 0 unspecified atom stereocenters. The van der Waals surface area contributed by atoms with Gasteiger partial charge < -0.3 is 4.74 Å². The monoisotopic (exact) mass is 271 g/mol. The number of ether oxygens (including phenoxy) is 1. The van der Waals surface area contributed by atoms with E-state index in [1.807, 2.05) is 24.3 Å². The van der Waals surface area contributed by atoms with Gasteiger partial charge in [-0.3, -0.25) is 4.98 Å². The lowest BCUT2D eigenvalue weighted by molar-refractivity contribution is 0.403.